The summed E-state index contributed by atoms with van der Waals surface area (Å²) in [6.45, 7) is 5.69. The maximum absolute atomic E-state index is 13.5. The molecule has 3 rings (SSSR count). The van der Waals surface area contributed by atoms with E-state index in [9.17, 15) is 13.6 Å². The van der Waals surface area contributed by atoms with Crippen LogP contribution in [0.1, 0.15) is 29.7 Å². The first-order chi connectivity index (χ1) is 12.8. The summed E-state index contributed by atoms with van der Waals surface area (Å²) in [5.74, 6) is -2.42. The number of carbonyl (C=O) groups is 1. The number of rotatable bonds is 3. The maximum Gasteiger partial charge on any atom is 0.255 e. The average Bonchev–Trinajstić information content (AvgIpc) is 2.59. The monoisotopic (exact) mass is 387 g/mol. The van der Waals surface area contributed by atoms with Gasteiger partial charge < -0.3 is 16.0 Å². The van der Waals surface area contributed by atoms with Gasteiger partial charge in [-0.15, -0.1) is 0 Å². The standard InChI is InChI=1S/C20H19F2N3OS/c1-10-4-5-11(2)14(8-10)18-17(12(3)23-20(27)25-18)19(26)24-13-6-7-15(21)16(22)9-13/h4-9,18H,1-3H3,(H,24,26)(H2,23,25,27)/t18-/m1/s1. The summed E-state index contributed by atoms with van der Waals surface area (Å²) in [6, 6.07) is 8.76. The highest BCUT2D eigenvalue weighted by molar-refractivity contribution is 7.80. The van der Waals surface area contributed by atoms with Gasteiger partial charge in [-0.05, 0) is 56.2 Å². The van der Waals surface area contributed by atoms with Gasteiger partial charge >= 0.3 is 0 Å². The number of halogens is 2. The van der Waals surface area contributed by atoms with E-state index in [2.05, 4.69) is 16.0 Å². The minimum atomic E-state index is -1.02. The van der Waals surface area contributed by atoms with Crippen molar-refractivity contribution in [2.24, 2.45) is 0 Å². The second-order valence-corrected chi connectivity index (χ2v) is 6.92. The Bertz CT molecular complexity index is 972. The Labute approximate surface area is 161 Å². The van der Waals surface area contributed by atoms with Crippen LogP contribution in [0, 0.1) is 25.5 Å². The largest absolute Gasteiger partial charge is 0.351 e. The minimum Gasteiger partial charge on any atom is -0.351 e. The van der Waals surface area contributed by atoms with E-state index in [1.807, 2.05) is 32.0 Å². The summed E-state index contributed by atoms with van der Waals surface area (Å²) >= 11 is 5.26. The summed E-state index contributed by atoms with van der Waals surface area (Å²) < 4.78 is 26.6. The van der Waals surface area contributed by atoms with Crippen molar-refractivity contribution in [3.8, 4) is 0 Å². The second-order valence-electron chi connectivity index (χ2n) is 6.51. The van der Waals surface area contributed by atoms with Crippen LogP contribution in [0.25, 0.3) is 0 Å². The summed E-state index contributed by atoms with van der Waals surface area (Å²) in [6.07, 6.45) is 0. The summed E-state index contributed by atoms with van der Waals surface area (Å²) in [5, 5.41) is 9.14. The van der Waals surface area contributed by atoms with Crippen molar-refractivity contribution < 1.29 is 13.6 Å². The smallest absolute Gasteiger partial charge is 0.255 e. The molecule has 0 radical (unpaired) electrons. The van der Waals surface area contributed by atoms with Gasteiger partial charge in [0.1, 0.15) is 0 Å². The van der Waals surface area contributed by atoms with Crippen LogP contribution in [-0.4, -0.2) is 11.0 Å². The van der Waals surface area contributed by atoms with E-state index in [1.54, 1.807) is 6.92 Å². The van der Waals surface area contributed by atoms with Crippen LogP contribution in [0.3, 0.4) is 0 Å². The molecule has 27 heavy (non-hydrogen) atoms. The highest BCUT2D eigenvalue weighted by atomic mass is 32.1. The van der Waals surface area contributed by atoms with Crippen molar-refractivity contribution in [1.29, 1.82) is 0 Å². The number of allylic oxidation sites excluding steroid dienone is 1. The lowest BCUT2D eigenvalue weighted by atomic mass is 9.91. The molecule has 1 aliphatic rings. The van der Waals surface area contributed by atoms with E-state index in [0.29, 0.717) is 16.4 Å². The molecule has 1 amide bonds. The van der Waals surface area contributed by atoms with Gasteiger partial charge in [-0.2, -0.15) is 0 Å². The van der Waals surface area contributed by atoms with Gasteiger partial charge in [0.25, 0.3) is 5.91 Å². The molecule has 0 fully saturated rings. The number of hydrogen-bond donors (Lipinski definition) is 3. The Morgan fingerprint density at radius 3 is 2.52 bits per heavy atom. The molecule has 2 aromatic rings. The van der Waals surface area contributed by atoms with Crippen molar-refractivity contribution >= 4 is 28.9 Å². The number of carbonyl (C=O) groups excluding carboxylic acids is 1. The van der Waals surface area contributed by atoms with Crippen LogP contribution in [0.2, 0.25) is 0 Å². The molecule has 3 N–H and O–H groups in total. The normalized spacial score (nSPS) is 16.6. The van der Waals surface area contributed by atoms with Gasteiger partial charge in [0.2, 0.25) is 0 Å². The number of amides is 1. The fraction of sp³-hybridized carbons (Fsp3) is 0.200. The predicted molar refractivity (Wildman–Crippen MR) is 105 cm³/mol. The zero-order chi connectivity index (χ0) is 19.7. The molecule has 0 unspecified atom stereocenters. The fourth-order valence-corrected chi connectivity index (χ4v) is 3.34. The minimum absolute atomic E-state index is 0.173. The molecule has 4 nitrogen and oxygen atoms in total. The van der Waals surface area contributed by atoms with Gasteiger partial charge in [0.05, 0.1) is 11.6 Å². The maximum atomic E-state index is 13.5. The van der Waals surface area contributed by atoms with Crippen LogP contribution < -0.4 is 16.0 Å². The van der Waals surface area contributed by atoms with E-state index in [-0.39, 0.29) is 5.69 Å². The predicted octanol–water partition coefficient (Wildman–Crippen LogP) is 4.01. The van der Waals surface area contributed by atoms with E-state index < -0.39 is 23.6 Å². The number of benzene rings is 2. The Morgan fingerprint density at radius 2 is 1.81 bits per heavy atom. The van der Waals surface area contributed by atoms with Crippen LogP contribution in [0.4, 0.5) is 14.5 Å². The lowest BCUT2D eigenvalue weighted by molar-refractivity contribution is -0.113. The Balaban J connectivity index is 1.99. The van der Waals surface area contributed by atoms with Crippen LogP contribution in [-0.2, 0) is 4.79 Å². The molecule has 1 heterocycles. The molecular weight excluding hydrogens is 368 g/mol. The molecule has 0 saturated heterocycles. The number of aryl methyl sites for hydroxylation is 2. The lowest BCUT2D eigenvalue weighted by Gasteiger charge is -2.31. The highest BCUT2D eigenvalue weighted by Gasteiger charge is 2.31. The quantitative estimate of drug-likeness (QED) is 0.697. The summed E-state index contributed by atoms with van der Waals surface area (Å²) in [4.78, 5) is 13.0. The van der Waals surface area contributed by atoms with E-state index in [1.165, 1.54) is 6.07 Å². The first-order valence-corrected chi connectivity index (χ1v) is 8.79. The molecule has 2 aromatic carbocycles. The molecular formula is C20H19F2N3OS. The zero-order valence-electron chi connectivity index (χ0n) is 15.1. The Morgan fingerprint density at radius 1 is 1.07 bits per heavy atom. The average molecular weight is 387 g/mol. The van der Waals surface area contributed by atoms with E-state index in [4.69, 9.17) is 12.2 Å². The van der Waals surface area contributed by atoms with Crippen molar-refractivity contribution in [1.82, 2.24) is 10.6 Å². The van der Waals surface area contributed by atoms with Crippen molar-refractivity contribution in [3.63, 3.8) is 0 Å². The molecule has 0 spiro atoms. The molecule has 1 atom stereocenters. The third kappa shape index (κ3) is 3.98. The van der Waals surface area contributed by atoms with Gasteiger partial charge in [0, 0.05) is 17.5 Å². The summed E-state index contributed by atoms with van der Waals surface area (Å²) in [5.41, 5.74) is 4.20. The van der Waals surface area contributed by atoms with Gasteiger partial charge in [-0.1, -0.05) is 23.8 Å². The van der Waals surface area contributed by atoms with Gasteiger partial charge in [-0.25, -0.2) is 8.78 Å². The molecule has 1 aliphatic heterocycles. The zero-order valence-corrected chi connectivity index (χ0v) is 15.9. The molecule has 140 valence electrons. The number of thiocarbonyl (C=S) groups is 1. The third-order valence-corrected chi connectivity index (χ3v) is 4.66. The van der Waals surface area contributed by atoms with Crippen molar-refractivity contribution in [2.75, 3.05) is 5.32 Å². The lowest BCUT2D eigenvalue weighted by Crippen LogP contribution is -2.46. The summed E-state index contributed by atoms with van der Waals surface area (Å²) in [7, 11) is 0. The number of hydrogen-bond acceptors (Lipinski definition) is 2. The second kappa shape index (κ2) is 7.44. The molecule has 0 aromatic heterocycles. The number of nitrogens with one attached hydrogen (secondary N) is 3. The van der Waals surface area contributed by atoms with E-state index >= 15 is 0 Å². The van der Waals surface area contributed by atoms with Crippen LogP contribution in [0.15, 0.2) is 47.7 Å². The topological polar surface area (TPSA) is 53.2 Å². The van der Waals surface area contributed by atoms with E-state index in [0.717, 1.165) is 28.8 Å². The first kappa shape index (κ1) is 19.0. The first-order valence-electron chi connectivity index (χ1n) is 8.38. The van der Waals surface area contributed by atoms with Crippen molar-refractivity contribution in [2.45, 2.75) is 26.8 Å². The van der Waals surface area contributed by atoms with Gasteiger partial charge in [0.15, 0.2) is 16.7 Å². The fourth-order valence-electron chi connectivity index (χ4n) is 3.07. The molecule has 7 heteroatoms. The SMILES string of the molecule is CC1=C(C(=O)Nc2ccc(F)c(F)c2)[C@@H](c2cc(C)ccc2C)NC(=S)N1. The van der Waals surface area contributed by atoms with Crippen LogP contribution >= 0.6 is 12.2 Å². The highest BCUT2D eigenvalue weighted by Crippen LogP contribution is 2.30. The molecule has 0 saturated carbocycles. The molecule has 0 bridgehead atoms. The Kier molecular flexibility index (Phi) is 5.23. The van der Waals surface area contributed by atoms with Crippen LogP contribution in [0.5, 0.6) is 0 Å². The van der Waals surface area contributed by atoms with Gasteiger partial charge in [-0.3, -0.25) is 4.79 Å². The number of anilines is 1. The molecule has 0 aliphatic carbocycles. The Hall–Kier alpha value is -2.80. The van der Waals surface area contributed by atoms with Crippen molar-refractivity contribution in [3.05, 3.63) is 76.0 Å². The third-order valence-electron chi connectivity index (χ3n) is 4.44.